The van der Waals surface area contributed by atoms with Gasteiger partial charge in [0.2, 0.25) is 11.8 Å². The molecule has 2 amide bonds. The van der Waals surface area contributed by atoms with Gasteiger partial charge in [0.05, 0.1) is 0 Å². The minimum atomic E-state index is 0.0542. The molecule has 0 aromatic heterocycles. The third-order valence-electron chi connectivity index (χ3n) is 4.28. The average Bonchev–Trinajstić information content (AvgIpc) is 2.57. The van der Waals surface area contributed by atoms with Gasteiger partial charge in [-0.3, -0.25) is 9.59 Å². The fourth-order valence-corrected chi connectivity index (χ4v) is 3.10. The second kappa shape index (κ2) is 8.92. The zero-order chi connectivity index (χ0) is 16.7. The van der Waals surface area contributed by atoms with Gasteiger partial charge < -0.3 is 10.2 Å². The van der Waals surface area contributed by atoms with Crippen LogP contribution in [0.4, 0.5) is 0 Å². The Hall–Kier alpha value is -1.55. The number of nitrogens with one attached hydrogen (secondary N) is 1. The van der Waals surface area contributed by atoms with E-state index in [1.165, 1.54) is 0 Å². The highest BCUT2D eigenvalue weighted by atomic mass is 35.5. The molecule has 1 aliphatic heterocycles. The summed E-state index contributed by atoms with van der Waals surface area (Å²) < 4.78 is 0. The number of nitrogens with zero attached hydrogens (tertiary/aromatic N) is 1. The topological polar surface area (TPSA) is 49.4 Å². The lowest BCUT2D eigenvalue weighted by Gasteiger charge is -2.31. The van der Waals surface area contributed by atoms with Crippen LogP contribution in [0.2, 0.25) is 5.02 Å². The number of hydrogen-bond acceptors (Lipinski definition) is 2. The van der Waals surface area contributed by atoms with Gasteiger partial charge in [-0.05, 0) is 43.4 Å². The molecule has 1 saturated heterocycles. The first-order valence-electron chi connectivity index (χ1n) is 8.40. The first kappa shape index (κ1) is 17.8. The first-order chi connectivity index (χ1) is 11.1. The number of benzene rings is 1. The van der Waals surface area contributed by atoms with Gasteiger partial charge in [0.1, 0.15) is 0 Å². The monoisotopic (exact) mass is 336 g/mol. The quantitative estimate of drug-likeness (QED) is 0.868. The summed E-state index contributed by atoms with van der Waals surface area (Å²) in [7, 11) is 0. The Morgan fingerprint density at radius 1 is 1.30 bits per heavy atom. The van der Waals surface area contributed by atoms with Crippen LogP contribution in [0.3, 0.4) is 0 Å². The van der Waals surface area contributed by atoms with E-state index < -0.39 is 0 Å². The van der Waals surface area contributed by atoms with Gasteiger partial charge in [0.15, 0.2) is 0 Å². The van der Waals surface area contributed by atoms with Crippen molar-refractivity contribution < 1.29 is 9.59 Å². The van der Waals surface area contributed by atoms with Crippen LogP contribution in [-0.4, -0.2) is 36.3 Å². The van der Waals surface area contributed by atoms with E-state index in [0.29, 0.717) is 31.0 Å². The SMILES string of the molecule is CCCNC(=O)C1CCN(C(=O)CCc2cccc(Cl)c2)CC1. The van der Waals surface area contributed by atoms with Crippen molar-refractivity contribution in [2.45, 2.75) is 39.0 Å². The lowest BCUT2D eigenvalue weighted by atomic mass is 9.95. The zero-order valence-electron chi connectivity index (χ0n) is 13.7. The van der Waals surface area contributed by atoms with Gasteiger partial charge in [-0.1, -0.05) is 30.7 Å². The van der Waals surface area contributed by atoms with Crippen LogP contribution in [0, 0.1) is 5.92 Å². The molecule has 0 atom stereocenters. The van der Waals surface area contributed by atoms with Crippen molar-refractivity contribution in [2.24, 2.45) is 5.92 Å². The summed E-state index contributed by atoms with van der Waals surface area (Å²) in [5.41, 5.74) is 1.08. The van der Waals surface area contributed by atoms with Gasteiger partial charge >= 0.3 is 0 Å². The van der Waals surface area contributed by atoms with Crippen LogP contribution >= 0.6 is 11.6 Å². The molecule has 1 aromatic rings. The summed E-state index contributed by atoms with van der Waals surface area (Å²) in [4.78, 5) is 26.1. The molecule has 0 aliphatic carbocycles. The van der Waals surface area contributed by atoms with Gasteiger partial charge in [-0.15, -0.1) is 0 Å². The molecule has 2 rings (SSSR count). The van der Waals surface area contributed by atoms with Crippen LogP contribution < -0.4 is 5.32 Å². The molecule has 0 spiro atoms. The second-order valence-corrected chi connectivity index (χ2v) is 6.51. The standard InChI is InChI=1S/C18H25ClN2O2/c1-2-10-20-18(23)15-8-11-21(12-9-15)17(22)7-6-14-4-3-5-16(19)13-14/h3-5,13,15H,2,6-12H2,1H3,(H,20,23). The fourth-order valence-electron chi connectivity index (χ4n) is 2.89. The van der Waals surface area contributed by atoms with E-state index in [2.05, 4.69) is 5.32 Å². The predicted molar refractivity (Wildman–Crippen MR) is 92.4 cm³/mol. The van der Waals surface area contributed by atoms with Crippen molar-refractivity contribution in [3.05, 3.63) is 34.9 Å². The van der Waals surface area contributed by atoms with E-state index in [1.807, 2.05) is 36.1 Å². The number of carbonyl (C=O) groups is 2. The number of hydrogen-bond donors (Lipinski definition) is 1. The van der Waals surface area contributed by atoms with E-state index in [1.54, 1.807) is 0 Å². The highest BCUT2D eigenvalue weighted by molar-refractivity contribution is 6.30. The Balaban J connectivity index is 1.74. The number of likely N-dealkylation sites (tertiary alicyclic amines) is 1. The molecular weight excluding hydrogens is 312 g/mol. The molecule has 1 aliphatic rings. The van der Waals surface area contributed by atoms with Crippen molar-refractivity contribution in [1.29, 1.82) is 0 Å². The molecule has 0 saturated carbocycles. The lowest BCUT2D eigenvalue weighted by Crippen LogP contribution is -2.43. The average molecular weight is 337 g/mol. The Morgan fingerprint density at radius 3 is 2.70 bits per heavy atom. The highest BCUT2D eigenvalue weighted by Gasteiger charge is 2.26. The van der Waals surface area contributed by atoms with E-state index in [9.17, 15) is 9.59 Å². The molecule has 5 heteroatoms. The number of rotatable bonds is 6. The van der Waals surface area contributed by atoms with Crippen molar-refractivity contribution in [2.75, 3.05) is 19.6 Å². The highest BCUT2D eigenvalue weighted by Crippen LogP contribution is 2.19. The van der Waals surface area contributed by atoms with Crippen molar-refractivity contribution in [3.63, 3.8) is 0 Å². The Morgan fingerprint density at radius 2 is 2.04 bits per heavy atom. The third-order valence-corrected chi connectivity index (χ3v) is 4.52. The third kappa shape index (κ3) is 5.54. The molecule has 4 nitrogen and oxygen atoms in total. The summed E-state index contributed by atoms with van der Waals surface area (Å²) in [5.74, 6) is 0.355. The van der Waals surface area contributed by atoms with E-state index in [-0.39, 0.29) is 17.7 Å². The van der Waals surface area contributed by atoms with E-state index >= 15 is 0 Å². The first-order valence-corrected chi connectivity index (χ1v) is 8.78. The summed E-state index contributed by atoms with van der Waals surface area (Å²) in [6.07, 6.45) is 3.67. The van der Waals surface area contributed by atoms with Crippen LogP contribution in [-0.2, 0) is 16.0 Å². The summed E-state index contributed by atoms with van der Waals surface area (Å²) in [6.45, 7) is 4.14. The van der Waals surface area contributed by atoms with Crippen LogP contribution in [0.5, 0.6) is 0 Å². The van der Waals surface area contributed by atoms with Gasteiger partial charge in [-0.2, -0.15) is 0 Å². The Kier molecular flexibility index (Phi) is 6.90. The minimum Gasteiger partial charge on any atom is -0.356 e. The molecule has 0 bridgehead atoms. The van der Waals surface area contributed by atoms with Crippen molar-refractivity contribution in [1.82, 2.24) is 10.2 Å². The smallest absolute Gasteiger partial charge is 0.223 e. The molecular formula is C18H25ClN2O2. The molecule has 0 radical (unpaired) electrons. The van der Waals surface area contributed by atoms with Crippen LogP contribution in [0.25, 0.3) is 0 Å². The summed E-state index contributed by atoms with van der Waals surface area (Å²) in [5, 5.41) is 3.65. The van der Waals surface area contributed by atoms with Gasteiger partial charge in [0, 0.05) is 37.0 Å². The molecule has 1 fully saturated rings. The number of halogens is 1. The van der Waals surface area contributed by atoms with Crippen LogP contribution in [0.15, 0.2) is 24.3 Å². The van der Waals surface area contributed by atoms with Crippen molar-refractivity contribution >= 4 is 23.4 Å². The Bertz CT molecular complexity index is 540. The fraction of sp³-hybridized carbons (Fsp3) is 0.556. The predicted octanol–water partition coefficient (Wildman–Crippen LogP) is 3.04. The van der Waals surface area contributed by atoms with Gasteiger partial charge in [0.25, 0.3) is 0 Å². The number of carbonyl (C=O) groups excluding carboxylic acids is 2. The van der Waals surface area contributed by atoms with E-state index in [4.69, 9.17) is 11.6 Å². The molecule has 1 heterocycles. The maximum absolute atomic E-state index is 12.3. The zero-order valence-corrected chi connectivity index (χ0v) is 14.4. The molecule has 1 N–H and O–H groups in total. The maximum Gasteiger partial charge on any atom is 0.223 e. The Labute approximate surface area is 143 Å². The van der Waals surface area contributed by atoms with Crippen LogP contribution in [0.1, 0.15) is 38.2 Å². The molecule has 0 unspecified atom stereocenters. The number of piperidine rings is 1. The van der Waals surface area contributed by atoms with E-state index in [0.717, 1.165) is 31.4 Å². The normalized spacial score (nSPS) is 15.5. The molecule has 126 valence electrons. The summed E-state index contributed by atoms with van der Waals surface area (Å²) in [6, 6.07) is 7.63. The number of amides is 2. The molecule has 1 aromatic carbocycles. The largest absolute Gasteiger partial charge is 0.356 e. The minimum absolute atomic E-state index is 0.0542. The molecule has 23 heavy (non-hydrogen) atoms. The number of aryl methyl sites for hydroxylation is 1. The second-order valence-electron chi connectivity index (χ2n) is 6.08. The van der Waals surface area contributed by atoms with Crippen molar-refractivity contribution in [3.8, 4) is 0 Å². The van der Waals surface area contributed by atoms with Gasteiger partial charge in [-0.25, -0.2) is 0 Å². The maximum atomic E-state index is 12.3. The lowest BCUT2D eigenvalue weighted by molar-refractivity contribution is -0.135. The summed E-state index contributed by atoms with van der Waals surface area (Å²) >= 11 is 5.96.